The van der Waals surface area contributed by atoms with Gasteiger partial charge < -0.3 is 15.4 Å². The van der Waals surface area contributed by atoms with Crippen LogP contribution < -0.4 is 15.4 Å². The fourth-order valence-corrected chi connectivity index (χ4v) is 2.97. The summed E-state index contributed by atoms with van der Waals surface area (Å²) in [5, 5.41) is 9.19. The summed E-state index contributed by atoms with van der Waals surface area (Å²) < 4.78 is 42.7. The van der Waals surface area contributed by atoms with Crippen LogP contribution in [0.2, 0.25) is 5.02 Å². The highest BCUT2D eigenvalue weighted by Gasteiger charge is 2.31. The van der Waals surface area contributed by atoms with Crippen LogP contribution in [0.15, 0.2) is 42.9 Å². The van der Waals surface area contributed by atoms with E-state index in [0.29, 0.717) is 17.3 Å². The molecule has 3 aromatic rings. The van der Waals surface area contributed by atoms with Gasteiger partial charge in [-0.25, -0.2) is 9.97 Å². The third-order valence-electron chi connectivity index (χ3n) is 3.96. The Hall–Kier alpha value is -3.67. The van der Waals surface area contributed by atoms with E-state index < -0.39 is 24.1 Å². The number of halogens is 4. The first-order chi connectivity index (χ1) is 15.0. The zero-order valence-corrected chi connectivity index (χ0v) is 17.4. The average molecular weight is 469 g/mol. The lowest BCUT2D eigenvalue weighted by Crippen LogP contribution is -2.29. The van der Waals surface area contributed by atoms with Gasteiger partial charge in [-0.1, -0.05) is 11.6 Å². The van der Waals surface area contributed by atoms with Gasteiger partial charge in [-0.3, -0.25) is 9.59 Å². The second-order valence-corrected chi connectivity index (χ2v) is 6.97. The molecule has 1 unspecified atom stereocenters. The van der Waals surface area contributed by atoms with Gasteiger partial charge in [0, 0.05) is 17.5 Å². The zero-order valence-electron chi connectivity index (χ0n) is 16.6. The van der Waals surface area contributed by atoms with Crippen LogP contribution in [-0.2, 0) is 4.79 Å². The minimum atomic E-state index is -4.93. The number of nitrogens with one attached hydrogen (secondary N) is 2. The van der Waals surface area contributed by atoms with Gasteiger partial charge in [0.05, 0.1) is 17.9 Å². The fourth-order valence-electron chi connectivity index (χ4n) is 2.74. The van der Waals surface area contributed by atoms with Crippen molar-refractivity contribution in [1.82, 2.24) is 25.1 Å². The van der Waals surface area contributed by atoms with E-state index >= 15 is 0 Å². The van der Waals surface area contributed by atoms with Crippen molar-refractivity contribution in [2.75, 3.05) is 5.32 Å². The highest BCUT2D eigenvalue weighted by atomic mass is 35.5. The zero-order chi connectivity index (χ0) is 23.5. The molecule has 2 amide bonds. The van der Waals surface area contributed by atoms with Gasteiger partial charge in [-0.2, -0.15) is 9.78 Å². The van der Waals surface area contributed by atoms with Gasteiger partial charge in [0.15, 0.2) is 11.6 Å². The molecular formula is C19H16ClF3N6O3. The second kappa shape index (κ2) is 9.22. The van der Waals surface area contributed by atoms with Gasteiger partial charge in [-0.15, -0.1) is 13.2 Å². The Balaban J connectivity index is 1.77. The molecule has 1 atom stereocenters. The number of aromatic nitrogens is 4. The van der Waals surface area contributed by atoms with Crippen molar-refractivity contribution in [2.24, 2.45) is 0 Å². The molecule has 0 bridgehead atoms. The number of anilines is 1. The third kappa shape index (κ3) is 5.94. The van der Waals surface area contributed by atoms with E-state index in [4.69, 9.17) is 11.6 Å². The Bertz CT molecular complexity index is 1130. The summed E-state index contributed by atoms with van der Waals surface area (Å²) in [6.45, 7) is 2.98. The largest absolute Gasteiger partial charge is 0.573 e. The number of ether oxygens (including phenoxy) is 1. The minimum absolute atomic E-state index is 0.101. The number of amides is 2. The van der Waals surface area contributed by atoms with E-state index in [2.05, 4.69) is 30.4 Å². The van der Waals surface area contributed by atoms with Crippen molar-refractivity contribution < 1.29 is 27.5 Å². The van der Waals surface area contributed by atoms with Crippen molar-refractivity contribution in [3.8, 4) is 11.6 Å². The van der Waals surface area contributed by atoms with Gasteiger partial charge in [0.2, 0.25) is 5.91 Å². The molecule has 0 aliphatic carbocycles. The number of benzene rings is 1. The summed E-state index contributed by atoms with van der Waals surface area (Å²) in [6.07, 6.45) is -2.24. The van der Waals surface area contributed by atoms with Gasteiger partial charge in [-0.05, 0) is 37.3 Å². The monoisotopic (exact) mass is 468 g/mol. The molecule has 0 aliphatic heterocycles. The number of hydrogen-bond donors (Lipinski definition) is 2. The lowest BCUT2D eigenvalue weighted by atomic mass is 10.2. The second-order valence-electron chi connectivity index (χ2n) is 6.53. The first-order valence-electron chi connectivity index (χ1n) is 9.03. The Morgan fingerprint density at radius 2 is 1.94 bits per heavy atom. The van der Waals surface area contributed by atoms with E-state index in [1.165, 1.54) is 30.2 Å². The van der Waals surface area contributed by atoms with E-state index in [9.17, 15) is 22.8 Å². The van der Waals surface area contributed by atoms with Crippen LogP contribution in [0.4, 0.5) is 18.9 Å². The maximum atomic E-state index is 12.6. The first-order valence-corrected chi connectivity index (χ1v) is 9.41. The molecule has 3 rings (SSSR count). The van der Waals surface area contributed by atoms with Crippen molar-refractivity contribution >= 4 is 29.1 Å². The number of carbonyl (C=O) groups excluding carboxylic acids is 2. The van der Waals surface area contributed by atoms with Crippen LogP contribution in [0.25, 0.3) is 5.82 Å². The molecule has 32 heavy (non-hydrogen) atoms. The number of alkyl halides is 3. The molecule has 2 heterocycles. The number of rotatable bonds is 6. The molecule has 168 valence electrons. The molecule has 0 aliphatic rings. The number of hydrogen-bond acceptors (Lipinski definition) is 6. The molecule has 0 saturated heterocycles. The van der Waals surface area contributed by atoms with Gasteiger partial charge in [0.1, 0.15) is 12.1 Å². The quantitative estimate of drug-likeness (QED) is 0.571. The smallest absolute Gasteiger partial charge is 0.406 e. The van der Waals surface area contributed by atoms with E-state index in [1.54, 1.807) is 19.1 Å². The van der Waals surface area contributed by atoms with Gasteiger partial charge in [0.25, 0.3) is 5.91 Å². The van der Waals surface area contributed by atoms with Gasteiger partial charge >= 0.3 is 6.36 Å². The van der Waals surface area contributed by atoms with Crippen LogP contribution in [0, 0.1) is 0 Å². The van der Waals surface area contributed by atoms with Crippen molar-refractivity contribution in [2.45, 2.75) is 26.3 Å². The number of nitrogens with zero attached hydrogens (tertiary/aromatic N) is 4. The standard InChI is InChI=1S/C19H16ClF3N6O3/c1-10(27-18(31)12-5-13(20)7-15(6-12)32-19(21,22)23)17-25-9-26-29(17)16-4-3-14(8-24-16)28-11(2)30/h3-10H,1-2H3,(H,27,31)(H,28,30). The summed E-state index contributed by atoms with van der Waals surface area (Å²) in [7, 11) is 0. The molecule has 2 aromatic heterocycles. The van der Waals surface area contributed by atoms with Crippen molar-refractivity contribution in [1.29, 1.82) is 0 Å². The van der Waals surface area contributed by atoms with E-state index in [-0.39, 0.29) is 16.5 Å². The highest BCUT2D eigenvalue weighted by molar-refractivity contribution is 6.31. The molecule has 1 aromatic carbocycles. The molecule has 0 fully saturated rings. The summed E-state index contributed by atoms with van der Waals surface area (Å²) >= 11 is 5.82. The van der Waals surface area contributed by atoms with Crippen LogP contribution in [0.5, 0.6) is 5.75 Å². The Morgan fingerprint density at radius 1 is 1.19 bits per heavy atom. The van der Waals surface area contributed by atoms with Crippen molar-refractivity contribution in [3.63, 3.8) is 0 Å². The lowest BCUT2D eigenvalue weighted by Gasteiger charge is -2.15. The van der Waals surface area contributed by atoms with Crippen LogP contribution >= 0.6 is 11.6 Å². The summed E-state index contributed by atoms with van der Waals surface area (Å²) in [6, 6.07) is 5.59. The topological polar surface area (TPSA) is 111 Å². The predicted molar refractivity (Wildman–Crippen MR) is 107 cm³/mol. The van der Waals surface area contributed by atoms with E-state index in [0.717, 1.165) is 12.1 Å². The summed E-state index contributed by atoms with van der Waals surface area (Å²) in [5.41, 5.74) is 0.356. The maximum Gasteiger partial charge on any atom is 0.573 e. The summed E-state index contributed by atoms with van der Waals surface area (Å²) in [5.74, 6) is -0.879. The Kier molecular flexibility index (Phi) is 6.63. The SMILES string of the molecule is CC(=O)Nc1ccc(-n2ncnc2C(C)NC(=O)c2cc(Cl)cc(OC(F)(F)F)c2)nc1. The summed E-state index contributed by atoms with van der Waals surface area (Å²) in [4.78, 5) is 32.0. The third-order valence-corrected chi connectivity index (χ3v) is 4.18. The molecule has 2 N–H and O–H groups in total. The molecule has 0 saturated carbocycles. The molecular weight excluding hydrogens is 453 g/mol. The molecule has 9 nitrogen and oxygen atoms in total. The van der Waals surface area contributed by atoms with Crippen LogP contribution in [-0.4, -0.2) is 37.9 Å². The molecule has 0 radical (unpaired) electrons. The Labute approximate surface area is 184 Å². The minimum Gasteiger partial charge on any atom is -0.406 e. The predicted octanol–water partition coefficient (Wildman–Crippen LogP) is 3.66. The van der Waals surface area contributed by atoms with E-state index in [1.807, 2.05) is 0 Å². The van der Waals surface area contributed by atoms with Crippen LogP contribution in [0.1, 0.15) is 36.1 Å². The molecule has 0 spiro atoms. The number of pyridine rings is 1. The average Bonchev–Trinajstić information content (AvgIpc) is 3.16. The highest BCUT2D eigenvalue weighted by Crippen LogP contribution is 2.27. The fraction of sp³-hybridized carbons (Fsp3) is 0.211. The maximum absolute atomic E-state index is 12.6. The lowest BCUT2D eigenvalue weighted by molar-refractivity contribution is -0.274. The normalized spacial score (nSPS) is 12.2. The first kappa shape index (κ1) is 23.0. The number of carbonyl (C=O) groups is 2. The van der Waals surface area contributed by atoms with Crippen LogP contribution in [0.3, 0.4) is 0 Å². The van der Waals surface area contributed by atoms with Crippen molar-refractivity contribution in [3.05, 3.63) is 59.3 Å². The molecule has 13 heteroatoms. The Morgan fingerprint density at radius 3 is 2.56 bits per heavy atom.